The van der Waals surface area contributed by atoms with Gasteiger partial charge in [-0.2, -0.15) is 0 Å². The van der Waals surface area contributed by atoms with E-state index >= 15 is 0 Å². The first-order valence-electron chi connectivity index (χ1n) is 19.6. The van der Waals surface area contributed by atoms with Gasteiger partial charge < -0.3 is 37.2 Å². The topological polar surface area (TPSA) is 37.6 Å². The number of rotatable bonds is 8. The summed E-state index contributed by atoms with van der Waals surface area (Å²) in [4.78, 5) is 15.8. The second-order valence-corrected chi connectivity index (χ2v) is 15.4. The summed E-state index contributed by atoms with van der Waals surface area (Å²) in [5.74, 6) is 2.54. The Morgan fingerprint density at radius 2 is 0.745 bits per heavy atom. The molecule has 4 aliphatic rings. The van der Waals surface area contributed by atoms with Crippen LogP contribution in [0.4, 0.5) is 11.4 Å². The van der Waals surface area contributed by atoms with E-state index in [0.717, 1.165) is 11.4 Å². The molecule has 0 spiro atoms. The van der Waals surface area contributed by atoms with Gasteiger partial charge in [0.05, 0.1) is 35.2 Å². The van der Waals surface area contributed by atoms with Crippen LogP contribution in [0.5, 0.6) is 0 Å². The summed E-state index contributed by atoms with van der Waals surface area (Å²) in [6.45, 7) is 2.18. The third kappa shape index (κ3) is 11.2. The first kappa shape index (κ1) is 43.7. The molecular formula is C44H57Cl3CoN3. The fourth-order valence-electron chi connectivity index (χ4n) is 9.55. The number of hydrogen-bond donors (Lipinski definition) is 0. The monoisotopic (exact) mass is 791 g/mol. The zero-order valence-electron chi connectivity index (χ0n) is 30.5. The predicted octanol–water partition coefficient (Wildman–Crippen LogP) is 4.09. The normalized spacial score (nSPS) is 19.5. The second-order valence-electron chi connectivity index (χ2n) is 15.4. The first-order chi connectivity index (χ1) is 23.2. The van der Waals surface area contributed by atoms with E-state index in [9.17, 15) is 0 Å². The van der Waals surface area contributed by atoms with Crippen LogP contribution in [0.2, 0.25) is 0 Å². The van der Waals surface area contributed by atoms with Crippen LogP contribution in [0.1, 0.15) is 191 Å². The molecule has 1 aromatic heterocycles. The van der Waals surface area contributed by atoms with Gasteiger partial charge in [-0.3, -0.25) is 9.98 Å². The van der Waals surface area contributed by atoms with Gasteiger partial charge in [-0.05, 0) is 122 Å². The van der Waals surface area contributed by atoms with Crippen LogP contribution in [0.25, 0.3) is 0 Å². The average Bonchev–Trinajstić information content (AvgIpc) is 3.14. The molecule has 0 unspecified atom stereocenters. The number of pyridine rings is 1. The number of aromatic nitrogens is 1. The molecular weight excluding hydrogens is 736 g/mol. The summed E-state index contributed by atoms with van der Waals surface area (Å²) in [5, 5.41) is 0. The molecule has 2 aromatic carbocycles. The number of halogens is 3. The van der Waals surface area contributed by atoms with E-state index in [0.29, 0.717) is 23.7 Å². The van der Waals surface area contributed by atoms with Crippen molar-refractivity contribution >= 4 is 23.8 Å². The Balaban J connectivity index is 0.00000176. The summed E-state index contributed by atoms with van der Waals surface area (Å²) < 4.78 is 0. The van der Waals surface area contributed by atoms with Crippen molar-refractivity contribution in [2.24, 2.45) is 9.98 Å². The Bertz CT molecular complexity index is 1360. The molecule has 1 heterocycles. The SMILES string of the molecule is Cc1cc(C=Nc2c(C3CCCCC3)cccc2C2CCCCC2)nc(C=Nc2c(C3CCCCC3)cccc2C2CCCCC2)c1.[Cl-].[Cl-].[Cl-].[Co+3]. The maximum Gasteiger partial charge on any atom is 3.00 e. The third-order valence-electron chi connectivity index (χ3n) is 12.0. The van der Waals surface area contributed by atoms with Crippen molar-refractivity contribution in [1.82, 2.24) is 4.98 Å². The van der Waals surface area contributed by atoms with Crippen LogP contribution in [0.3, 0.4) is 0 Å². The maximum atomic E-state index is 5.35. The quantitative estimate of drug-likeness (QED) is 0.317. The molecule has 0 radical (unpaired) electrons. The molecule has 0 saturated heterocycles. The van der Waals surface area contributed by atoms with Crippen LogP contribution < -0.4 is 37.2 Å². The minimum Gasteiger partial charge on any atom is -1.00 e. The molecule has 0 N–H and O–H groups in total. The third-order valence-corrected chi connectivity index (χ3v) is 12.0. The van der Waals surface area contributed by atoms with Gasteiger partial charge in [-0.15, -0.1) is 0 Å². The molecule has 0 aliphatic heterocycles. The maximum absolute atomic E-state index is 5.35. The number of hydrogen-bond acceptors (Lipinski definition) is 3. The fraction of sp³-hybridized carbons (Fsp3) is 0.568. The smallest absolute Gasteiger partial charge is 1.00 e. The van der Waals surface area contributed by atoms with Crippen molar-refractivity contribution in [1.29, 1.82) is 0 Å². The van der Waals surface area contributed by atoms with Gasteiger partial charge in [0.25, 0.3) is 0 Å². The van der Waals surface area contributed by atoms with Crippen molar-refractivity contribution in [3.8, 4) is 0 Å². The molecule has 0 amide bonds. The molecule has 278 valence electrons. The second kappa shape index (κ2) is 21.9. The van der Waals surface area contributed by atoms with E-state index in [-0.39, 0.29) is 54.0 Å². The largest absolute Gasteiger partial charge is 3.00 e. The summed E-state index contributed by atoms with van der Waals surface area (Å²) in [6, 6.07) is 18.5. The predicted molar refractivity (Wildman–Crippen MR) is 200 cm³/mol. The summed E-state index contributed by atoms with van der Waals surface area (Å²) in [5.41, 5.74) is 11.5. The van der Waals surface area contributed by atoms with Crippen LogP contribution in [-0.4, -0.2) is 17.4 Å². The zero-order chi connectivity index (χ0) is 31.8. The number of para-hydroxylation sites is 2. The molecule has 4 aliphatic carbocycles. The molecule has 3 nitrogen and oxygen atoms in total. The van der Waals surface area contributed by atoms with Gasteiger partial charge >= 0.3 is 16.8 Å². The van der Waals surface area contributed by atoms with Crippen molar-refractivity contribution in [2.75, 3.05) is 0 Å². The van der Waals surface area contributed by atoms with Crippen LogP contribution in [0, 0.1) is 6.92 Å². The van der Waals surface area contributed by atoms with Gasteiger partial charge in [0.2, 0.25) is 0 Å². The van der Waals surface area contributed by atoms with E-state index in [4.69, 9.17) is 15.0 Å². The number of benzene rings is 2. The van der Waals surface area contributed by atoms with E-state index in [2.05, 4.69) is 67.9 Å². The zero-order valence-corrected chi connectivity index (χ0v) is 33.8. The molecule has 4 fully saturated rings. The van der Waals surface area contributed by atoms with Gasteiger partial charge in [0.15, 0.2) is 0 Å². The molecule has 0 atom stereocenters. The van der Waals surface area contributed by atoms with Crippen LogP contribution >= 0.6 is 0 Å². The van der Waals surface area contributed by atoms with Gasteiger partial charge in [0.1, 0.15) is 0 Å². The Labute approximate surface area is 337 Å². The Morgan fingerprint density at radius 3 is 1.02 bits per heavy atom. The van der Waals surface area contributed by atoms with Crippen LogP contribution in [-0.2, 0) is 16.8 Å². The van der Waals surface area contributed by atoms with E-state index in [1.165, 1.54) is 168 Å². The van der Waals surface area contributed by atoms with Gasteiger partial charge in [-0.25, -0.2) is 4.98 Å². The Morgan fingerprint density at radius 1 is 0.471 bits per heavy atom. The van der Waals surface area contributed by atoms with Crippen molar-refractivity contribution < 1.29 is 54.0 Å². The fourth-order valence-corrected chi connectivity index (χ4v) is 9.55. The van der Waals surface area contributed by atoms with Crippen molar-refractivity contribution in [2.45, 2.75) is 159 Å². The van der Waals surface area contributed by atoms with E-state index in [1.807, 2.05) is 0 Å². The average molecular weight is 793 g/mol. The number of aliphatic imine (C=N–C) groups is 2. The minimum absolute atomic E-state index is 0. The standard InChI is InChI=1S/C44H57N3.3ClH.Co/c1-32-28-37(30-45-43-39(33-16-6-2-7-17-33)24-14-25-40(43)34-18-8-3-9-19-34)47-38(29-32)31-46-44-41(35-20-10-4-11-21-35)26-15-27-42(44)36-22-12-5-13-23-36;;;;/h14-15,24-31,33-36H,2-13,16-23H2,1H3;3*1H;/q;;;;+3/p-3. The minimum atomic E-state index is 0. The molecule has 4 saturated carbocycles. The summed E-state index contributed by atoms with van der Waals surface area (Å²) in [7, 11) is 0. The summed E-state index contributed by atoms with van der Waals surface area (Å²) >= 11 is 0. The van der Waals surface area contributed by atoms with Gasteiger partial charge in [0, 0.05) is 0 Å². The first-order valence-corrected chi connectivity index (χ1v) is 19.6. The molecule has 7 rings (SSSR count). The summed E-state index contributed by atoms with van der Waals surface area (Å²) in [6.07, 6.45) is 30.7. The van der Waals surface area contributed by atoms with Crippen molar-refractivity contribution in [3.05, 3.63) is 87.7 Å². The van der Waals surface area contributed by atoms with Gasteiger partial charge in [-0.1, -0.05) is 113 Å². The van der Waals surface area contributed by atoms with E-state index in [1.54, 1.807) is 0 Å². The van der Waals surface area contributed by atoms with Crippen molar-refractivity contribution in [3.63, 3.8) is 0 Å². The van der Waals surface area contributed by atoms with E-state index < -0.39 is 0 Å². The molecule has 3 aromatic rings. The molecule has 0 bridgehead atoms. The van der Waals surface area contributed by atoms with Crippen LogP contribution in [0.15, 0.2) is 58.5 Å². The Kier molecular flexibility index (Phi) is 18.7. The number of nitrogens with zero attached hydrogens (tertiary/aromatic N) is 3. The Hall–Kier alpha value is -1.69. The molecule has 51 heavy (non-hydrogen) atoms. The number of aryl methyl sites for hydroxylation is 1. The molecule has 7 heteroatoms.